The van der Waals surface area contributed by atoms with Gasteiger partial charge >= 0.3 is 0 Å². The molecule has 1 aromatic carbocycles. The number of pyridine rings is 2. The van der Waals surface area contributed by atoms with E-state index in [0.29, 0.717) is 5.88 Å². The zero-order valence-corrected chi connectivity index (χ0v) is 12.3. The largest absolute Gasteiger partial charge is 0.496 e. The van der Waals surface area contributed by atoms with E-state index in [2.05, 4.69) is 9.97 Å². The summed E-state index contributed by atoms with van der Waals surface area (Å²) in [6.45, 7) is 2.03. The molecule has 0 N–H and O–H groups in total. The summed E-state index contributed by atoms with van der Waals surface area (Å²) in [5.41, 5.74) is 2.67. The third-order valence-corrected chi connectivity index (χ3v) is 3.54. The number of benzene rings is 1. The van der Waals surface area contributed by atoms with Gasteiger partial charge in [0.2, 0.25) is 5.88 Å². The molecule has 0 bridgehead atoms. The van der Waals surface area contributed by atoms with E-state index in [1.165, 1.54) is 0 Å². The Balaban J connectivity index is 2.31. The number of nitrogens with zero attached hydrogens (tertiary/aromatic N) is 2. The fraction of sp³-hybridized carbons (Fsp3) is 0.176. The van der Waals surface area contributed by atoms with Crippen LogP contribution in [0.1, 0.15) is 5.56 Å². The highest BCUT2D eigenvalue weighted by Crippen LogP contribution is 2.34. The summed E-state index contributed by atoms with van der Waals surface area (Å²) in [6.07, 6.45) is 1.76. The summed E-state index contributed by atoms with van der Waals surface area (Å²) in [5.74, 6) is 1.45. The van der Waals surface area contributed by atoms with Gasteiger partial charge < -0.3 is 9.47 Å². The van der Waals surface area contributed by atoms with Crippen LogP contribution in [0.4, 0.5) is 0 Å². The van der Waals surface area contributed by atoms with Crippen molar-refractivity contribution in [2.45, 2.75) is 6.92 Å². The predicted molar refractivity (Wildman–Crippen MR) is 82.8 cm³/mol. The Morgan fingerprint density at radius 3 is 2.43 bits per heavy atom. The van der Waals surface area contributed by atoms with E-state index in [1.54, 1.807) is 20.4 Å². The molecule has 4 nitrogen and oxygen atoms in total. The Kier molecular flexibility index (Phi) is 3.44. The normalized spacial score (nSPS) is 10.6. The Morgan fingerprint density at radius 2 is 1.76 bits per heavy atom. The minimum absolute atomic E-state index is 0.596. The average Bonchev–Trinajstić information content (AvgIpc) is 2.55. The van der Waals surface area contributed by atoms with Crippen LogP contribution in [0.25, 0.3) is 22.2 Å². The molecule has 0 saturated carbocycles. The first kappa shape index (κ1) is 13.4. The van der Waals surface area contributed by atoms with Gasteiger partial charge in [-0.15, -0.1) is 0 Å². The summed E-state index contributed by atoms with van der Waals surface area (Å²) < 4.78 is 10.8. The maximum absolute atomic E-state index is 5.44. The van der Waals surface area contributed by atoms with Crippen LogP contribution < -0.4 is 9.47 Å². The predicted octanol–water partition coefficient (Wildman–Crippen LogP) is 3.62. The molecule has 0 aliphatic carbocycles. The number of fused-ring (bicyclic) bond motifs is 1. The Hall–Kier alpha value is -2.62. The lowest BCUT2D eigenvalue weighted by molar-refractivity contribution is 0.403. The number of hydrogen-bond acceptors (Lipinski definition) is 4. The molecule has 3 rings (SSSR count). The van der Waals surface area contributed by atoms with Crippen molar-refractivity contribution in [1.29, 1.82) is 0 Å². The first-order chi connectivity index (χ1) is 10.2. The lowest BCUT2D eigenvalue weighted by atomic mass is 10.0. The molecule has 0 fully saturated rings. The first-order valence-electron chi connectivity index (χ1n) is 6.68. The van der Waals surface area contributed by atoms with Crippen LogP contribution in [-0.4, -0.2) is 24.2 Å². The van der Waals surface area contributed by atoms with E-state index >= 15 is 0 Å². The van der Waals surface area contributed by atoms with Crippen molar-refractivity contribution < 1.29 is 9.47 Å². The minimum atomic E-state index is 0.596. The van der Waals surface area contributed by atoms with E-state index in [4.69, 9.17) is 9.47 Å². The molecule has 2 aromatic heterocycles. The molecular formula is C17H16N2O2. The molecule has 3 aromatic rings. The highest BCUT2D eigenvalue weighted by molar-refractivity contribution is 5.93. The fourth-order valence-corrected chi connectivity index (χ4v) is 2.44. The van der Waals surface area contributed by atoms with E-state index in [-0.39, 0.29) is 0 Å². The zero-order valence-electron chi connectivity index (χ0n) is 12.3. The van der Waals surface area contributed by atoms with Gasteiger partial charge in [0.15, 0.2) is 0 Å². The third-order valence-electron chi connectivity index (χ3n) is 3.54. The lowest BCUT2D eigenvalue weighted by Crippen LogP contribution is -1.96. The Morgan fingerprint density at radius 1 is 0.905 bits per heavy atom. The van der Waals surface area contributed by atoms with Crippen LogP contribution in [0.15, 0.2) is 42.6 Å². The van der Waals surface area contributed by atoms with Gasteiger partial charge in [-0.05, 0) is 48.2 Å². The van der Waals surface area contributed by atoms with Gasteiger partial charge in [0, 0.05) is 11.6 Å². The first-order valence-corrected chi connectivity index (χ1v) is 6.68. The SMILES string of the molecule is COc1ccc2c(OC)nc(-c3ccccn3)cc2c1C. The standard InChI is InChI=1S/C17H16N2O2/c1-11-13-10-15(14-6-4-5-9-18-14)19-17(21-3)12(13)7-8-16(11)20-2/h4-10H,1-3H3. The van der Waals surface area contributed by atoms with E-state index in [9.17, 15) is 0 Å². The molecule has 21 heavy (non-hydrogen) atoms. The van der Waals surface area contributed by atoms with Gasteiger partial charge in [-0.3, -0.25) is 4.98 Å². The van der Waals surface area contributed by atoms with Crippen molar-refractivity contribution in [3.63, 3.8) is 0 Å². The summed E-state index contributed by atoms with van der Waals surface area (Å²) in [7, 11) is 3.30. The second-order valence-electron chi connectivity index (χ2n) is 4.72. The molecule has 0 amide bonds. The van der Waals surface area contributed by atoms with Crippen LogP contribution in [0, 0.1) is 6.92 Å². The molecule has 0 atom stereocenters. The number of rotatable bonds is 3. The smallest absolute Gasteiger partial charge is 0.221 e. The summed E-state index contributed by atoms with van der Waals surface area (Å²) in [6, 6.07) is 11.7. The van der Waals surface area contributed by atoms with Crippen molar-refractivity contribution in [2.75, 3.05) is 14.2 Å². The van der Waals surface area contributed by atoms with Crippen molar-refractivity contribution in [1.82, 2.24) is 9.97 Å². The van der Waals surface area contributed by atoms with Crippen molar-refractivity contribution in [3.05, 3.63) is 48.2 Å². The highest BCUT2D eigenvalue weighted by Gasteiger charge is 2.12. The number of hydrogen-bond donors (Lipinski definition) is 0. The Labute approximate surface area is 123 Å². The molecule has 0 unspecified atom stereocenters. The molecule has 0 spiro atoms. The van der Waals surface area contributed by atoms with E-state index in [1.807, 2.05) is 43.3 Å². The maximum atomic E-state index is 5.44. The van der Waals surface area contributed by atoms with Gasteiger partial charge in [0.1, 0.15) is 5.75 Å². The quantitative estimate of drug-likeness (QED) is 0.735. The van der Waals surface area contributed by atoms with Crippen LogP contribution in [-0.2, 0) is 0 Å². The third kappa shape index (κ3) is 2.29. The van der Waals surface area contributed by atoms with Crippen molar-refractivity contribution >= 4 is 10.8 Å². The van der Waals surface area contributed by atoms with Gasteiger partial charge in [-0.1, -0.05) is 6.07 Å². The molecule has 0 saturated heterocycles. The van der Waals surface area contributed by atoms with Crippen molar-refractivity contribution in [3.8, 4) is 23.0 Å². The average molecular weight is 280 g/mol. The van der Waals surface area contributed by atoms with Crippen molar-refractivity contribution in [2.24, 2.45) is 0 Å². The number of aromatic nitrogens is 2. The summed E-state index contributed by atoms with van der Waals surface area (Å²) in [5, 5.41) is 2.03. The number of aryl methyl sites for hydroxylation is 1. The number of ether oxygens (including phenoxy) is 2. The molecule has 2 heterocycles. The van der Waals surface area contributed by atoms with Gasteiger partial charge in [-0.25, -0.2) is 4.98 Å². The van der Waals surface area contributed by atoms with E-state index in [0.717, 1.165) is 33.5 Å². The molecular weight excluding hydrogens is 264 g/mol. The van der Waals surface area contributed by atoms with Gasteiger partial charge in [-0.2, -0.15) is 0 Å². The lowest BCUT2D eigenvalue weighted by Gasteiger charge is -2.12. The molecule has 106 valence electrons. The van der Waals surface area contributed by atoms with E-state index < -0.39 is 0 Å². The Bertz CT molecular complexity index is 786. The minimum Gasteiger partial charge on any atom is -0.496 e. The summed E-state index contributed by atoms with van der Waals surface area (Å²) in [4.78, 5) is 8.91. The van der Waals surface area contributed by atoms with Crippen LogP contribution in [0.2, 0.25) is 0 Å². The molecule has 4 heteroatoms. The second-order valence-corrected chi connectivity index (χ2v) is 4.72. The number of methoxy groups -OCH3 is 2. The second kappa shape index (κ2) is 5.40. The molecule has 0 aliphatic rings. The topological polar surface area (TPSA) is 44.2 Å². The van der Waals surface area contributed by atoms with Crippen LogP contribution in [0.3, 0.4) is 0 Å². The maximum Gasteiger partial charge on any atom is 0.221 e. The molecule has 0 radical (unpaired) electrons. The van der Waals surface area contributed by atoms with Gasteiger partial charge in [0.05, 0.1) is 25.6 Å². The highest BCUT2D eigenvalue weighted by atomic mass is 16.5. The van der Waals surface area contributed by atoms with Crippen LogP contribution in [0.5, 0.6) is 11.6 Å². The zero-order chi connectivity index (χ0) is 14.8. The summed E-state index contributed by atoms with van der Waals surface area (Å²) >= 11 is 0. The monoisotopic (exact) mass is 280 g/mol. The van der Waals surface area contributed by atoms with Gasteiger partial charge in [0.25, 0.3) is 0 Å². The molecule has 0 aliphatic heterocycles. The fourth-order valence-electron chi connectivity index (χ4n) is 2.44. The van der Waals surface area contributed by atoms with Crippen LogP contribution >= 0.6 is 0 Å².